The lowest BCUT2D eigenvalue weighted by Gasteiger charge is -2.49. The molecule has 2 rings (SSSR count). The summed E-state index contributed by atoms with van der Waals surface area (Å²) in [5.41, 5.74) is 0.201. The molecular weight excluding hydrogens is 150 g/mol. The van der Waals surface area contributed by atoms with Gasteiger partial charge in [-0.2, -0.15) is 0 Å². The third kappa shape index (κ3) is 1.17. The highest BCUT2D eigenvalue weighted by atomic mass is 16.3. The molecule has 70 valence electrons. The van der Waals surface area contributed by atoms with Gasteiger partial charge in [-0.25, -0.2) is 0 Å². The van der Waals surface area contributed by atoms with Crippen molar-refractivity contribution in [1.82, 2.24) is 4.90 Å². The fourth-order valence-corrected chi connectivity index (χ4v) is 2.69. The molecule has 2 nitrogen and oxygen atoms in total. The molecular formula is C10H19NO. The summed E-state index contributed by atoms with van der Waals surface area (Å²) in [5, 5.41) is 9.40. The lowest BCUT2D eigenvalue weighted by Crippen LogP contribution is -2.59. The van der Waals surface area contributed by atoms with Crippen LogP contribution in [0.4, 0.5) is 0 Å². The predicted molar refractivity (Wildman–Crippen MR) is 49.0 cm³/mol. The summed E-state index contributed by atoms with van der Waals surface area (Å²) in [7, 11) is 0. The van der Waals surface area contributed by atoms with Gasteiger partial charge >= 0.3 is 0 Å². The van der Waals surface area contributed by atoms with Crippen LogP contribution < -0.4 is 0 Å². The zero-order valence-corrected chi connectivity index (χ0v) is 7.92. The van der Waals surface area contributed by atoms with Gasteiger partial charge in [-0.1, -0.05) is 19.8 Å². The SMILES string of the molecule is CC1CN(C2(CO)CCCC2)C1. The quantitative estimate of drug-likeness (QED) is 0.672. The van der Waals surface area contributed by atoms with E-state index >= 15 is 0 Å². The molecule has 0 spiro atoms. The Bertz CT molecular complexity index is 157. The van der Waals surface area contributed by atoms with Gasteiger partial charge in [0.15, 0.2) is 0 Å². The van der Waals surface area contributed by atoms with E-state index in [4.69, 9.17) is 0 Å². The third-order valence-electron chi connectivity index (χ3n) is 3.56. The van der Waals surface area contributed by atoms with Crippen LogP contribution in [0.2, 0.25) is 0 Å². The molecule has 0 atom stereocenters. The number of rotatable bonds is 2. The Morgan fingerprint density at radius 3 is 2.33 bits per heavy atom. The molecule has 1 saturated carbocycles. The van der Waals surface area contributed by atoms with E-state index in [0.29, 0.717) is 6.61 Å². The van der Waals surface area contributed by atoms with Crippen LogP contribution in [0.25, 0.3) is 0 Å². The highest BCUT2D eigenvalue weighted by molar-refractivity contribution is 4.98. The first-order valence-corrected chi connectivity index (χ1v) is 5.13. The Balaban J connectivity index is 1.98. The van der Waals surface area contributed by atoms with Gasteiger partial charge in [0, 0.05) is 18.6 Å². The van der Waals surface area contributed by atoms with Crippen LogP contribution in [0.15, 0.2) is 0 Å². The van der Waals surface area contributed by atoms with Gasteiger partial charge in [-0.3, -0.25) is 4.90 Å². The van der Waals surface area contributed by atoms with E-state index in [1.807, 2.05) is 0 Å². The number of likely N-dealkylation sites (tertiary alicyclic amines) is 1. The lowest BCUT2D eigenvalue weighted by molar-refractivity contribution is -0.0380. The first-order valence-electron chi connectivity index (χ1n) is 5.13. The molecule has 0 aromatic rings. The van der Waals surface area contributed by atoms with Gasteiger partial charge in [0.25, 0.3) is 0 Å². The van der Waals surface area contributed by atoms with Crippen molar-refractivity contribution < 1.29 is 5.11 Å². The maximum atomic E-state index is 9.40. The van der Waals surface area contributed by atoms with E-state index in [2.05, 4.69) is 11.8 Å². The second-order valence-electron chi connectivity index (χ2n) is 4.60. The van der Waals surface area contributed by atoms with Crippen molar-refractivity contribution >= 4 is 0 Å². The maximum absolute atomic E-state index is 9.40. The Morgan fingerprint density at radius 2 is 1.92 bits per heavy atom. The molecule has 2 aliphatic rings. The smallest absolute Gasteiger partial charge is 0.0615 e. The standard InChI is InChI=1S/C10H19NO/c1-9-6-11(7-9)10(8-12)4-2-3-5-10/h9,12H,2-8H2,1H3. The van der Waals surface area contributed by atoms with E-state index in [9.17, 15) is 5.11 Å². The molecule has 0 radical (unpaired) electrons. The van der Waals surface area contributed by atoms with Crippen LogP contribution in [0.1, 0.15) is 32.6 Å². The summed E-state index contributed by atoms with van der Waals surface area (Å²) >= 11 is 0. The molecule has 1 saturated heterocycles. The molecule has 1 aliphatic carbocycles. The lowest BCUT2D eigenvalue weighted by atomic mass is 9.88. The maximum Gasteiger partial charge on any atom is 0.0615 e. The molecule has 0 aromatic carbocycles. The highest BCUT2D eigenvalue weighted by Crippen LogP contribution is 2.38. The summed E-state index contributed by atoms with van der Waals surface area (Å²) in [6.07, 6.45) is 5.06. The summed E-state index contributed by atoms with van der Waals surface area (Å²) in [5.74, 6) is 0.856. The molecule has 2 heteroatoms. The predicted octanol–water partition coefficient (Wildman–Crippen LogP) is 1.24. The van der Waals surface area contributed by atoms with Crippen LogP contribution in [0.3, 0.4) is 0 Å². The van der Waals surface area contributed by atoms with E-state index in [1.54, 1.807) is 0 Å². The molecule has 2 fully saturated rings. The molecule has 1 aliphatic heterocycles. The fraction of sp³-hybridized carbons (Fsp3) is 1.00. The Kier molecular flexibility index (Phi) is 2.13. The molecule has 0 aromatic heterocycles. The van der Waals surface area contributed by atoms with Crippen molar-refractivity contribution in [2.24, 2.45) is 5.92 Å². The summed E-state index contributed by atoms with van der Waals surface area (Å²) in [6, 6.07) is 0. The van der Waals surface area contributed by atoms with E-state index in [1.165, 1.54) is 38.8 Å². The monoisotopic (exact) mass is 169 g/mol. The van der Waals surface area contributed by atoms with Crippen molar-refractivity contribution in [3.8, 4) is 0 Å². The zero-order valence-electron chi connectivity index (χ0n) is 7.92. The van der Waals surface area contributed by atoms with Crippen LogP contribution in [-0.2, 0) is 0 Å². The first-order chi connectivity index (χ1) is 5.77. The minimum absolute atomic E-state index is 0.201. The number of aliphatic hydroxyl groups excluding tert-OH is 1. The third-order valence-corrected chi connectivity index (χ3v) is 3.56. The molecule has 1 N–H and O–H groups in total. The van der Waals surface area contributed by atoms with E-state index < -0.39 is 0 Å². The molecule has 0 unspecified atom stereocenters. The normalized spacial score (nSPS) is 30.5. The second-order valence-corrected chi connectivity index (χ2v) is 4.60. The molecule has 12 heavy (non-hydrogen) atoms. The van der Waals surface area contributed by atoms with Crippen LogP contribution >= 0.6 is 0 Å². The summed E-state index contributed by atoms with van der Waals surface area (Å²) in [4.78, 5) is 2.49. The number of nitrogens with zero attached hydrogens (tertiary/aromatic N) is 1. The van der Waals surface area contributed by atoms with Crippen molar-refractivity contribution in [3.05, 3.63) is 0 Å². The van der Waals surface area contributed by atoms with Gasteiger partial charge in [0.05, 0.1) is 6.61 Å². The Labute approximate surface area is 74.6 Å². The van der Waals surface area contributed by atoms with Crippen molar-refractivity contribution in [2.75, 3.05) is 19.7 Å². The highest BCUT2D eigenvalue weighted by Gasteiger charge is 2.43. The molecule has 1 heterocycles. The Hall–Kier alpha value is -0.0800. The van der Waals surface area contributed by atoms with Crippen molar-refractivity contribution in [2.45, 2.75) is 38.1 Å². The van der Waals surface area contributed by atoms with Crippen LogP contribution in [0, 0.1) is 5.92 Å². The number of hydrogen-bond donors (Lipinski definition) is 1. The second kappa shape index (κ2) is 3.00. The van der Waals surface area contributed by atoms with Gasteiger partial charge in [0.2, 0.25) is 0 Å². The number of hydrogen-bond acceptors (Lipinski definition) is 2. The molecule has 0 amide bonds. The van der Waals surface area contributed by atoms with E-state index in [-0.39, 0.29) is 5.54 Å². The summed E-state index contributed by atoms with van der Waals surface area (Å²) in [6.45, 7) is 5.08. The van der Waals surface area contributed by atoms with Crippen molar-refractivity contribution in [3.63, 3.8) is 0 Å². The average Bonchev–Trinajstić information content (AvgIpc) is 2.48. The number of aliphatic hydroxyl groups is 1. The van der Waals surface area contributed by atoms with Gasteiger partial charge in [0.1, 0.15) is 0 Å². The van der Waals surface area contributed by atoms with Gasteiger partial charge < -0.3 is 5.11 Å². The van der Waals surface area contributed by atoms with Gasteiger partial charge in [-0.05, 0) is 18.8 Å². The fourth-order valence-electron chi connectivity index (χ4n) is 2.69. The minimum atomic E-state index is 0.201. The average molecular weight is 169 g/mol. The van der Waals surface area contributed by atoms with E-state index in [0.717, 1.165) is 5.92 Å². The Morgan fingerprint density at radius 1 is 1.33 bits per heavy atom. The van der Waals surface area contributed by atoms with Crippen molar-refractivity contribution in [1.29, 1.82) is 0 Å². The molecule has 0 bridgehead atoms. The largest absolute Gasteiger partial charge is 0.394 e. The zero-order chi connectivity index (χ0) is 8.60. The first kappa shape index (κ1) is 8.52. The van der Waals surface area contributed by atoms with Gasteiger partial charge in [-0.15, -0.1) is 0 Å². The van der Waals surface area contributed by atoms with Crippen LogP contribution in [-0.4, -0.2) is 35.2 Å². The van der Waals surface area contributed by atoms with Crippen LogP contribution in [0.5, 0.6) is 0 Å². The summed E-state index contributed by atoms with van der Waals surface area (Å²) < 4.78 is 0. The minimum Gasteiger partial charge on any atom is -0.394 e. The topological polar surface area (TPSA) is 23.5 Å².